The number of hydrogen-bond acceptors (Lipinski definition) is 6. The van der Waals surface area contributed by atoms with Crippen LogP contribution in [0.15, 0.2) is 60.8 Å². The Morgan fingerprint density at radius 1 is 1.16 bits per heavy atom. The molecule has 0 amide bonds. The number of para-hydroxylation sites is 2. The molecule has 0 saturated heterocycles. The van der Waals surface area contributed by atoms with Crippen molar-refractivity contribution in [2.75, 3.05) is 12.4 Å². The van der Waals surface area contributed by atoms with Gasteiger partial charge in [-0.25, -0.2) is 0 Å². The smallest absolute Gasteiger partial charge is 0.192 e. The number of Topliss-reactive ketones (excluding diaryl/α,β-unsaturated/α-hetero) is 1. The van der Waals surface area contributed by atoms with Crippen LogP contribution in [0, 0.1) is 13.8 Å². The molecule has 0 fully saturated rings. The van der Waals surface area contributed by atoms with Crippen molar-refractivity contribution < 1.29 is 14.3 Å². The molecule has 3 heterocycles. The van der Waals surface area contributed by atoms with Crippen LogP contribution < -0.4 is 9.47 Å². The molecule has 0 bridgehead atoms. The number of benzene rings is 1. The zero-order valence-electron chi connectivity index (χ0n) is 18.3. The third-order valence-electron chi connectivity index (χ3n) is 5.37. The molecule has 1 aromatic carbocycles. The van der Waals surface area contributed by atoms with Crippen LogP contribution in [0.1, 0.15) is 33.7 Å². The molecule has 32 heavy (non-hydrogen) atoms. The Morgan fingerprint density at radius 3 is 2.62 bits per heavy atom. The van der Waals surface area contributed by atoms with Gasteiger partial charge in [0.1, 0.15) is 6.61 Å². The zero-order chi connectivity index (χ0) is 22.7. The predicted molar refractivity (Wildman–Crippen MR) is 125 cm³/mol. The van der Waals surface area contributed by atoms with E-state index in [0.29, 0.717) is 42.2 Å². The number of rotatable bonds is 9. The highest BCUT2D eigenvalue weighted by molar-refractivity contribution is 7.99. The van der Waals surface area contributed by atoms with E-state index in [1.165, 1.54) is 11.8 Å². The molecule has 3 aromatic rings. The van der Waals surface area contributed by atoms with E-state index in [-0.39, 0.29) is 17.6 Å². The number of thioether (sulfide) groups is 1. The first-order valence-corrected chi connectivity index (χ1v) is 11.4. The summed E-state index contributed by atoms with van der Waals surface area (Å²) in [6.07, 6.45) is 3.22. The van der Waals surface area contributed by atoms with Gasteiger partial charge in [0.05, 0.1) is 5.75 Å². The van der Waals surface area contributed by atoms with Crippen molar-refractivity contribution in [2.45, 2.75) is 38.2 Å². The molecule has 1 aliphatic heterocycles. The van der Waals surface area contributed by atoms with Gasteiger partial charge >= 0.3 is 0 Å². The van der Waals surface area contributed by atoms with Gasteiger partial charge in [-0.05, 0) is 32.0 Å². The molecule has 0 N–H and O–H groups in total. The Bertz CT molecular complexity index is 1160. The molecule has 0 aliphatic carbocycles. The molecule has 0 spiro atoms. The quantitative estimate of drug-likeness (QED) is 0.270. The van der Waals surface area contributed by atoms with E-state index in [1.807, 2.05) is 54.8 Å². The van der Waals surface area contributed by atoms with E-state index in [2.05, 4.69) is 27.9 Å². The van der Waals surface area contributed by atoms with Gasteiger partial charge in [-0.1, -0.05) is 36.0 Å². The highest BCUT2D eigenvalue weighted by atomic mass is 32.2. The molecular weight excluding hydrogens is 424 g/mol. The second-order valence-corrected chi connectivity index (χ2v) is 8.44. The third kappa shape index (κ3) is 4.23. The Labute approximate surface area is 191 Å². The second-order valence-electron chi connectivity index (χ2n) is 7.50. The first kappa shape index (κ1) is 22.0. The Balaban J connectivity index is 1.51. The summed E-state index contributed by atoms with van der Waals surface area (Å²) in [4.78, 5) is 12.9. The van der Waals surface area contributed by atoms with E-state index < -0.39 is 0 Å². The highest BCUT2D eigenvalue weighted by Crippen LogP contribution is 2.36. The van der Waals surface area contributed by atoms with Gasteiger partial charge in [-0.3, -0.25) is 9.36 Å². The van der Waals surface area contributed by atoms with Gasteiger partial charge in [-0.15, -0.1) is 23.4 Å². The first-order valence-electron chi connectivity index (χ1n) is 10.4. The van der Waals surface area contributed by atoms with Gasteiger partial charge in [0.2, 0.25) is 0 Å². The number of ether oxygens (including phenoxy) is 2. The van der Waals surface area contributed by atoms with E-state index in [0.717, 1.165) is 17.0 Å². The van der Waals surface area contributed by atoms with Gasteiger partial charge < -0.3 is 14.0 Å². The van der Waals surface area contributed by atoms with Crippen LogP contribution in [0.5, 0.6) is 11.5 Å². The predicted octanol–water partition coefficient (Wildman–Crippen LogP) is 4.56. The van der Waals surface area contributed by atoms with Gasteiger partial charge in [0.15, 0.2) is 34.4 Å². The minimum Gasteiger partial charge on any atom is -0.485 e. The number of fused-ring (bicyclic) bond motifs is 1. The zero-order valence-corrected chi connectivity index (χ0v) is 19.1. The van der Waals surface area contributed by atoms with Crippen LogP contribution in [0.2, 0.25) is 0 Å². The second kappa shape index (κ2) is 9.48. The maximum atomic E-state index is 12.9. The molecule has 4 rings (SSSR count). The lowest BCUT2D eigenvalue weighted by Gasteiger charge is -2.26. The highest BCUT2D eigenvalue weighted by Gasteiger charge is 2.28. The molecule has 166 valence electrons. The number of aromatic nitrogens is 4. The van der Waals surface area contributed by atoms with Crippen molar-refractivity contribution in [3.8, 4) is 11.5 Å². The van der Waals surface area contributed by atoms with E-state index in [9.17, 15) is 4.79 Å². The van der Waals surface area contributed by atoms with E-state index in [4.69, 9.17) is 9.47 Å². The monoisotopic (exact) mass is 450 g/mol. The van der Waals surface area contributed by atoms with Crippen molar-refractivity contribution in [3.05, 3.63) is 78.4 Å². The lowest BCUT2D eigenvalue weighted by Crippen LogP contribution is -2.25. The fourth-order valence-corrected chi connectivity index (χ4v) is 4.63. The maximum Gasteiger partial charge on any atom is 0.192 e. The molecule has 1 unspecified atom stereocenters. The molecular formula is C24H26N4O3S. The average Bonchev–Trinajstić information content (AvgIpc) is 3.33. The number of carbonyl (C=O) groups is 1. The summed E-state index contributed by atoms with van der Waals surface area (Å²) in [5.74, 6) is 2.36. The van der Waals surface area contributed by atoms with Gasteiger partial charge in [0.25, 0.3) is 0 Å². The maximum absolute atomic E-state index is 12.9. The van der Waals surface area contributed by atoms with Crippen molar-refractivity contribution in [1.82, 2.24) is 19.3 Å². The lowest BCUT2D eigenvalue weighted by atomic mass is 10.2. The Morgan fingerprint density at radius 2 is 1.88 bits per heavy atom. The fourth-order valence-electron chi connectivity index (χ4n) is 3.79. The number of nitrogens with zero attached hydrogens (tertiary/aromatic N) is 4. The number of hydrogen-bond donors (Lipinski definition) is 0. The third-order valence-corrected chi connectivity index (χ3v) is 6.34. The standard InChI is InChI=1S/C24H26N4O3S/c1-5-11-27-16(3)13-18(17(27)4)19(29)15-32-24-26-25-23(28(24)12-6-2)22-14-30-20-9-7-8-10-21(20)31-22/h5-10,13,22H,1-2,11-12,14-15H2,3-4H3. The summed E-state index contributed by atoms with van der Waals surface area (Å²) in [5.41, 5.74) is 2.72. The number of carbonyl (C=O) groups excluding carboxylic acids is 1. The minimum absolute atomic E-state index is 0.0549. The number of aryl methyl sites for hydroxylation is 1. The van der Waals surface area contributed by atoms with Crippen molar-refractivity contribution in [1.29, 1.82) is 0 Å². The van der Waals surface area contributed by atoms with Crippen LogP contribution in [0.3, 0.4) is 0 Å². The van der Waals surface area contributed by atoms with Crippen LogP contribution >= 0.6 is 11.8 Å². The minimum atomic E-state index is -0.389. The van der Waals surface area contributed by atoms with Crippen LogP contribution in [-0.4, -0.2) is 37.5 Å². The number of allylic oxidation sites excluding steroid dienone is 2. The Kier molecular flexibility index (Phi) is 6.50. The normalized spacial score (nSPS) is 14.9. The summed E-state index contributed by atoms with van der Waals surface area (Å²) in [5, 5.41) is 9.33. The molecule has 1 atom stereocenters. The molecule has 1 aliphatic rings. The topological polar surface area (TPSA) is 71.2 Å². The molecule has 2 aromatic heterocycles. The summed E-state index contributed by atoms with van der Waals surface area (Å²) >= 11 is 1.36. The van der Waals surface area contributed by atoms with Crippen molar-refractivity contribution in [3.63, 3.8) is 0 Å². The molecule has 8 heteroatoms. The van der Waals surface area contributed by atoms with Crippen LogP contribution in [-0.2, 0) is 13.1 Å². The average molecular weight is 451 g/mol. The summed E-state index contributed by atoms with van der Waals surface area (Å²) in [7, 11) is 0. The van der Waals surface area contributed by atoms with E-state index in [1.54, 1.807) is 6.08 Å². The molecule has 0 saturated carbocycles. The summed E-state index contributed by atoms with van der Waals surface area (Å²) in [6.45, 7) is 13.1. The van der Waals surface area contributed by atoms with Gasteiger partial charge in [-0.2, -0.15) is 0 Å². The van der Waals surface area contributed by atoms with Crippen LogP contribution in [0.25, 0.3) is 0 Å². The molecule has 0 radical (unpaired) electrons. The molecule has 7 nitrogen and oxygen atoms in total. The fraction of sp³-hybridized carbons (Fsp3) is 0.292. The Hall–Kier alpha value is -3.26. The summed E-state index contributed by atoms with van der Waals surface area (Å²) in [6, 6.07) is 9.49. The van der Waals surface area contributed by atoms with Gasteiger partial charge in [0, 0.05) is 30.0 Å². The van der Waals surface area contributed by atoms with Crippen LogP contribution in [0.4, 0.5) is 0 Å². The first-order chi connectivity index (χ1) is 15.5. The largest absolute Gasteiger partial charge is 0.485 e. The summed E-state index contributed by atoms with van der Waals surface area (Å²) < 4.78 is 15.9. The van der Waals surface area contributed by atoms with Crippen molar-refractivity contribution >= 4 is 17.5 Å². The lowest BCUT2D eigenvalue weighted by molar-refractivity contribution is 0.0821. The van der Waals surface area contributed by atoms with E-state index >= 15 is 0 Å². The number of ketones is 1. The van der Waals surface area contributed by atoms with Crippen molar-refractivity contribution in [2.24, 2.45) is 0 Å². The SMILES string of the molecule is C=CCn1c(SCC(=O)c2cc(C)n(CC=C)c2C)nnc1C1COc2ccccc2O1.